The van der Waals surface area contributed by atoms with E-state index in [-0.39, 0.29) is 16.4 Å². The number of methoxy groups -OCH3 is 1. The number of rotatable bonds is 9. The van der Waals surface area contributed by atoms with Gasteiger partial charge >= 0.3 is 11.7 Å². The smallest absolute Gasteiger partial charge is 0.414 e. The molecule has 1 heterocycles. The minimum atomic E-state index is -1.48. The Kier molecular flexibility index (Phi) is 8.67. The largest absolute Gasteiger partial charge is 0.422 e. The van der Waals surface area contributed by atoms with Gasteiger partial charge in [0.15, 0.2) is 16.9 Å². The van der Waals surface area contributed by atoms with Crippen LogP contribution in [0.3, 0.4) is 0 Å². The monoisotopic (exact) mass is 507 g/mol. The van der Waals surface area contributed by atoms with Crippen molar-refractivity contribution >= 4 is 45.5 Å². The molecule has 2 aromatic carbocycles. The van der Waals surface area contributed by atoms with E-state index in [4.69, 9.17) is 25.5 Å². The quantitative estimate of drug-likeness (QED) is 0.338. The van der Waals surface area contributed by atoms with Gasteiger partial charge in [-0.3, -0.25) is 4.72 Å². The van der Waals surface area contributed by atoms with Gasteiger partial charge in [-0.1, -0.05) is 23.7 Å². The van der Waals surface area contributed by atoms with Gasteiger partial charge in [0.2, 0.25) is 0 Å². The van der Waals surface area contributed by atoms with E-state index in [0.29, 0.717) is 41.8 Å². The molecule has 0 fully saturated rings. The van der Waals surface area contributed by atoms with E-state index in [1.165, 1.54) is 11.0 Å². The van der Waals surface area contributed by atoms with Crippen molar-refractivity contribution in [3.63, 3.8) is 0 Å². The molecule has 1 amide bonds. The zero-order valence-corrected chi connectivity index (χ0v) is 20.8. The molecule has 0 bridgehead atoms. The molecule has 1 aromatic heterocycles. The van der Waals surface area contributed by atoms with Gasteiger partial charge in [-0.2, -0.15) is 0 Å². The fourth-order valence-electron chi connectivity index (χ4n) is 3.19. The summed E-state index contributed by atoms with van der Waals surface area (Å²) in [5, 5.41) is 0.863. The number of hydrogen-bond donors (Lipinski definition) is 2. The molecule has 0 aliphatic carbocycles. The van der Waals surface area contributed by atoms with Crippen LogP contribution in [0, 0.1) is 6.92 Å². The average Bonchev–Trinajstić information content (AvgIpc) is 2.78. The predicted octanol–water partition coefficient (Wildman–Crippen LogP) is 3.63. The van der Waals surface area contributed by atoms with Crippen molar-refractivity contribution in [3.8, 4) is 5.75 Å². The standard InChI is InChI=1S/C23H26ClN3O6S/c1-14-17-12-19(24)21(33-23(29)27(2)3)13-20(17)32-22(28)18(14)11-15-6-5-7-16(10-15)26-34(30)25-8-9-31-4/h5-7,10,12-13,25-26H,8-9,11H2,1-4H3. The number of carbonyl (C=O) groups excluding carboxylic acids is 1. The number of fused-ring (bicyclic) bond motifs is 1. The molecule has 0 spiro atoms. The third-order valence-electron chi connectivity index (χ3n) is 4.96. The molecule has 0 radical (unpaired) electrons. The zero-order chi connectivity index (χ0) is 24.8. The molecule has 2 N–H and O–H groups in total. The Morgan fingerprint density at radius 2 is 2.00 bits per heavy atom. The van der Waals surface area contributed by atoms with Gasteiger partial charge in [-0.05, 0) is 36.2 Å². The molecule has 0 saturated carbocycles. The van der Waals surface area contributed by atoms with Crippen LogP contribution in [-0.4, -0.2) is 49.6 Å². The van der Waals surface area contributed by atoms with Gasteiger partial charge < -0.3 is 18.8 Å². The topological polar surface area (TPSA) is 110 Å². The van der Waals surface area contributed by atoms with Crippen LogP contribution in [0.15, 0.2) is 45.6 Å². The number of nitrogens with one attached hydrogen (secondary N) is 2. The van der Waals surface area contributed by atoms with Gasteiger partial charge in [-0.25, -0.2) is 18.5 Å². The van der Waals surface area contributed by atoms with Crippen LogP contribution >= 0.6 is 11.6 Å². The van der Waals surface area contributed by atoms with E-state index in [9.17, 15) is 13.8 Å². The Bertz CT molecular complexity index is 1280. The van der Waals surface area contributed by atoms with Crippen molar-refractivity contribution in [2.45, 2.75) is 13.3 Å². The summed E-state index contributed by atoms with van der Waals surface area (Å²) in [6, 6.07) is 10.3. The first-order chi connectivity index (χ1) is 16.2. The van der Waals surface area contributed by atoms with Crippen LogP contribution in [0.4, 0.5) is 10.5 Å². The molecular formula is C23H26ClN3O6S. The molecule has 0 aliphatic rings. The number of anilines is 1. The highest BCUT2D eigenvalue weighted by molar-refractivity contribution is 7.84. The molecule has 182 valence electrons. The summed E-state index contributed by atoms with van der Waals surface area (Å²) < 4.78 is 33.5. The van der Waals surface area contributed by atoms with Crippen molar-refractivity contribution in [3.05, 3.63) is 68.5 Å². The van der Waals surface area contributed by atoms with Gasteiger partial charge in [0.05, 0.1) is 11.6 Å². The summed E-state index contributed by atoms with van der Waals surface area (Å²) >= 11 is 4.84. The average molecular weight is 508 g/mol. The normalized spacial score (nSPS) is 11.9. The van der Waals surface area contributed by atoms with Gasteiger partial charge in [0.25, 0.3) is 0 Å². The number of ether oxygens (including phenoxy) is 2. The van der Waals surface area contributed by atoms with Crippen molar-refractivity contribution in [1.82, 2.24) is 9.62 Å². The molecule has 11 heteroatoms. The van der Waals surface area contributed by atoms with E-state index in [2.05, 4.69) is 9.44 Å². The highest BCUT2D eigenvalue weighted by Crippen LogP contribution is 2.32. The number of nitrogens with zero attached hydrogens (tertiary/aromatic N) is 1. The Morgan fingerprint density at radius 3 is 2.71 bits per heavy atom. The lowest BCUT2D eigenvalue weighted by Crippen LogP contribution is -2.26. The van der Waals surface area contributed by atoms with Gasteiger partial charge in [0.1, 0.15) is 5.58 Å². The molecular weight excluding hydrogens is 482 g/mol. The maximum atomic E-state index is 12.8. The lowest BCUT2D eigenvalue weighted by atomic mass is 9.99. The van der Waals surface area contributed by atoms with Crippen LogP contribution in [0.25, 0.3) is 11.0 Å². The Balaban J connectivity index is 1.86. The van der Waals surface area contributed by atoms with Crippen LogP contribution < -0.4 is 19.8 Å². The summed E-state index contributed by atoms with van der Waals surface area (Å²) in [4.78, 5) is 25.9. The van der Waals surface area contributed by atoms with E-state index < -0.39 is 22.9 Å². The van der Waals surface area contributed by atoms with Crippen molar-refractivity contribution in [2.75, 3.05) is 39.1 Å². The van der Waals surface area contributed by atoms with Crippen molar-refractivity contribution < 1.29 is 22.9 Å². The second kappa shape index (κ2) is 11.5. The number of benzene rings is 2. The second-order valence-corrected chi connectivity index (χ2v) is 9.11. The highest BCUT2D eigenvalue weighted by atomic mass is 35.5. The number of carbonyl (C=O) groups is 1. The van der Waals surface area contributed by atoms with Gasteiger partial charge in [-0.15, -0.1) is 0 Å². The molecule has 9 nitrogen and oxygen atoms in total. The Morgan fingerprint density at radius 1 is 1.24 bits per heavy atom. The first kappa shape index (κ1) is 25.7. The van der Waals surface area contributed by atoms with Crippen LogP contribution in [-0.2, 0) is 22.3 Å². The highest BCUT2D eigenvalue weighted by Gasteiger charge is 2.17. The van der Waals surface area contributed by atoms with Crippen LogP contribution in [0.1, 0.15) is 16.7 Å². The maximum Gasteiger partial charge on any atom is 0.414 e. The summed E-state index contributed by atoms with van der Waals surface area (Å²) in [6.07, 6.45) is -0.293. The van der Waals surface area contributed by atoms with Gasteiger partial charge in [0, 0.05) is 56.9 Å². The van der Waals surface area contributed by atoms with E-state index in [1.807, 2.05) is 25.1 Å². The lowest BCUT2D eigenvalue weighted by Gasteiger charge is -2.14. The fraction of sp³-hybridized carbons (Fsp3) is 0.304. The fourth-order valence-corrected chi connectivity index (χ4v) is 4.07. The molecule has 34 heavy (non-hydrogen) atoms. The number of halogens is 1. The maximum absolute atomic E-state index is 12.8. The third-order valence-corrected chi connectivity index (χ3v) is 6.14. The van der Waals surface area contributed by atoms with Crippen LogP contribution in [0.5, 0.6) is 5.75 Å². The molecule has 1 unspecified atom stereocenters. The third kappa shape index (κ3) is 6.35. The second-order valence-electron chi connectivity index (χ2n) is 7.67. The van der Waals surface area contributed by atoms with E-state index in [1.54, 1.807) is 33.3 Å². The molecule has 3 aromatic rings. The first-order valence-corrected chi connectivity index (χ1v) is 11.9. The van der Waals surface area contributed by atoms with Crippen LogP contribution in [0.2, 0.25) is 5.02 Å². The minimum Gasteiger partial charge on any atom is -0.422 e. The molecule has 0 saturated heterocycles. The van der Waals surface area contributed by atoms with E-state index in [0.717, 1.165) is 5.56 Å². The number of hydrogen-bond acceptors (Lipinski definition) is 6. The summed E-state index contributed by atoms with van der Waals surface area (Å²) in [5.41, 5.74) is 2.42. The van der Waals surface area contributed by atoms with Crippen molar-refractivity contribution in [2.24, 2.45) is 0 Å². The SMILES string of the molecule is COCCNS(=O)Nc1cccc(Cc2c(C)c3cc(Cl)c(OC(=O)N(C)C)cc3oc2=O)c1. The zero-order valence-electron chi connectivity index (χ0n) is 19.3. The number of aryl methyl sites for hydroxylation is 1. The molecule has 1 atom stereocenters. The van der Waals surface area contributed by atoms with Crippen molar-refractivity contribution in [1.29, 1.82) is 0 Å². The Labute approximate surface area is 204 Å². The molecule has 0 aliphatic heterocycles. The minimum absolute atomic E-state index is 0.106. The Hall–Kier alpha value is -2.92. The van der Waals surface area contributed by atoms with E-state index >= 15 is 0 Å². The molecule has 3 rings (SSSR count). The summed E-state index contributed by atoms with van der Waals surface area (Å²) in [7, 11) is 4.67. The summed E-state index contributed by atoms with van der Waals surface area (Å²) in [6.45, 7) is 2.69. The first-order valence-electron chi connectivity index (χ1n) is 10.3. The predicted molar refractivity (Wildman–Crippen MR) is 133 cm³/mol. The summed E-state index contributed by atoms with van der Waals surface area (Å²) in [5.74, 6) is 0.106. The number of amides is 1. The lowest BCUT2D eigenvalue weighted by molar-refractivity contribution is 0.172.